The molecular weight excluding hydrogens is 447 g/mol. The molecule has 9 heteroatoms. The molecule has 3 aromatic heterocycles. The number of nitrogens with one attached hydrogen (secondary N) is 2. The molecule has 0 unspecified atom stereocenters. The Morgan fingerprint density at radius 1 is 1.20 bits per heavy atom. The smallest absolute Gasteiger partial charge is 0.259 e. The molecule has 1 aliphatic rings. The van der Waals surface area contributed by atoms with E-state index in [2.05, 4.69) is 31.2 Å². The fourth-order valence-corrected chi connectivity index (χ4v) is 4.31. The van der Waals surface area contributed by atoms with Crippen molar-refractivity contribution in [2.24, 2.45) is 0 Å². The van der Waals surface area contributed by atoms with Crippen molar-refractivity contribution < 1.29 is 9.50 Å². The lowest BCUT2D eigenvalue weighted by atomic mass is 10.0. The lowest BCUT2D eigenvalue weighted by Gasteiger charge is -2.31. The number of hydrogen-bond acceptors (Lipinski definition) is 7. The fourth-order valence-electron chi connectivity index (χ4n) is 4.31. The van der Waals surface area contributed by atoms with E-state index in [-0.39, 0.29) is 23.6 Å². The number of anilines is 3. The Kier molecular flexibility index (Phi) is 6.12. The minimum atomic E-state index is -0.469. The van der Waals surface area contributed by atoms with Crippen molar-refractivity contribution in [2.45, 2.75) is 25.4 Å². The van der Waals surface area contributed by atoms with Gasteiger partial charge in [-0.2, -0.15) is 5.26 Å². The first-order valence-electron chi connectivity index (χ1n) is 11.4. The van der Waals surface area contributed by atoms with E-state index < -0.39 is 5.82 Å². The number of aliphatic hydroxyl groups excluding tert-OH is 1. The Bertz CT molecular complexity index is 1470. The van der Waals surface area contributed by atoms with Crippen LogP contribution in [0.1, 0.15) is 18.4 Å². The van der Waals surface area contributed by atoms with Gasteiger partial charge in [-0.25, -0.2) is 14.4 Å². The maximum atomic E-state index is 14.7. The van der Waals surface area contributed by atoms with Gasteiger partial charge in [-0.3, -0.25) is 4.79 Å². The van der Waals surface area contributed by atoms with E-state index in [1.807, 2.05) is 12.1 Å². The second-order valence-corrected chi connectivity index (χ2v) is 8.52. The zero-order chi connectivity index (χ0) is 24.4. The first kappa shape index (κ1) is 22.5. The Hall–Kier alpha value is -4.29. The summed E-state index contributed by atoms with van der Waals surface area (Å²) in [4.78, 5) is 26.5. The maximum absolute atomic E-state index is 14.7. The number of piperidine rings is 1. The molecule has 4 aromatic rings. The van der Waals surface area contributed by atoms with Gasteiger partial charge >= 0.3 is 0 Å². The van der Waals surface area contributed by atoms with Gasteiger partial charge in [0.2, 0.25) is 0 Å². The summed E-state index contributed by atoms with van der Waals surface area (Å²) in [6.45, 7) is 1.53. The van der Waals surface area contributed by atoms with Crippen molar-refractivity contribution >= 4 is 28.1 Å². The average Bonchev–Trinajstić information content (AvgIpc) is 2.86. The van der Waals surface area contributed by atoms with Crippen LogP contribution in [0.5, 0.6) is 0 Å². The molecule has 5 rings (SSSR count). The third-order valence-corrected chi connectivity index (χ3v) is 6.16. The van der Waals surface area contributed by atoms with E-state index in [1.54, 1.807) is 30.5 Å². The number of hydrogen-bond donors (Lipinski definition) is 3. The number of pyridine rings is 3. The number of rotatable bonds is 5. The van der Waals surface area contributed by atoms with E-state index in [4.69, 9.17) is 5.26 Å². The number of H-pyrrole nitrogens is 1. The second-order valence-electron chi connectivity index (χ2n) is 8.52. The van der Waals surface area contributed by atoms with E-state index in [1.165, 1.54) is 12.3 Å². The van der Waals surface area contributed by atoms with Crippen molar-refractivity contribution in [3.05, 3.63) is 76.6 Å². The Morgan fingerprint density at radius 2 is 2.03 bits per heavy atom. The van der Waals surface area contributed by atoms with E-state index >= 15 is 0 Å². The van der Waals surface area contributed by atoms with E-state index in [0.29, 0.717) is 33.7 Å². The van der Waals surface area contributed by atoms with Crippen LogP contribution in [0.15, 0.2) is 59.7 Å². The molecule has 35 heavy (non-hydrogen) atoms. The van der Waals surface area contributed by atoms with Crippen LogP contribution < -0.4 is 15.8 Å². The van der Waals surface area contributed by atoms with Crippen molar-refractivity contribution in [1.82, 2.24) is 15.0 Å². The highest BCUT2D eigenvalue weighted by molar-refractivity contribution is 5.94. The van der Waals surface area contributed by atoms with Gasteiger partial charge in [-0.1, -0.05) is 6.07 Å². The Morgan fingerprint density at radius 3 is 2.77 bits per heavy atom. The van der Waals surface area contributed by atoms with Gasteiger partial charge in [-0.05, 0) is 54.8 Å². The third-order valence-electron chi connectivity index (χ3n) is 6.16. The fraction of sp³-hybridized carbons (Fsp3) is 0.231. The van der Waals surface area contributed by atoms with Gasteiger partial charge in [-0.15, -0.1) is 0 Å². The SMILES string of the molecule is N#CCc1ccc(F)c(-c2cc(Nc3ccc(N4CCC(O)CC4)cn3)c3c(=O)[nH]ccc3n2)c1. The normalized spacial score (nSPS) is 14.1. The highest BCUT2D eigenvalue weighted by Gasteiger charge is 2.18. The van der Waals surface area contributed by atoms with Crippen molar-refractivity contribution in [1.29, 1.82) is 5.26 Å². The van der Waals surface area contributed by atoms with Crippen LogP contribution in [0.4, 0.5) is 21.6 Å². The predicted molar refractivity (Wildman–Crippen MR) is 132 cm³/mol. The minimum Gasteiger partial charge on any atom is -0.393 e. The average molecular weight is 471 g/mol. The van der Waals surface area contributed by atoms with E-state index in [0.717, 1.165) is 31.6 Å². The molecule has 1 aromatic carbocycles. The molecule has 1 saturated heterocycles. The van der Waals surface area contributed by atoms with Crippen molar-refractivity contribution in [3.8, 4) is 17.3 Å². The molecule has 4 heterocycles. The van der Waals surface area contributed by atoms with Gasteiger partial charge < -0.3 is 20.3 Å². The molecule has 0 amide bonds. The van der Waals surface area contributed by atoms with Crippen LogP contribution in [0, 0.1) is 17.1 Å². The van der Waals surface area contributed by atoms with Crippen molar-refractivity contribution in [2.75, 3.05) is 23.3 Å². The van der Waals surface area contributed by atoms with Crippen LogP contribution in [0.25, 0.3) is 22.2 Å². The first-order valence-corrected chi connectivity index (χ1v) is 11.4. The molecule has 0 saturated carbocycles. The molecular formula is C26H23FN6O2. The third kappa shape index (κ3) is 4.69. The summed E-state index contributed by atoms with van der Waals surface area (Å²) in [6.07, 6.45) is 4.59. The summed E-state index contributed by atoms with van der Waals surface area (Å²) in [5, 5.41) is 22.3. The number of fused-ring (bicyclic) bond motifs is 1. The Balaban J connectivity index is 1.52. The number of nitrogens with zero attached hydrogens (tertiary/aromatic N) is 4. The monoisotopic (exact) mass is 470 g/mol. The molecule has 0 bridgehead atoms. The highest BCUT2D eigenvalue weighted by Crippen LogP contribution is 2.31. The molecule has 0 spiro atoms. The molecule has 1 aliphatic heterocycles. The summed E-state index contributed by atoms with van der Waals surface area (Å²) < 4.78 is 14.7. The van der Waals surface area contributed by atoms with Crippen LogP contribution >= 0.6 is 0 Å². The highest BCUT2D eigenvalue weighted by atomic mass is 19.1. The summed E-state index contributed by atoms with van der Waals surface area (Å²) in [7, 11) is 0. The number of benzene rings is 1. The topological polar surface area (TPSA) is 118 Å². The molecule has 3 N–H and O–H groups in total. The lowest BCUT2D eigenvalue weighted by molar-refractivity contribution is 0.145. The molecule has 1 fully saturated rings. The number of halogens is 1. The maximum Gasteiger partial charge on any atom is 0.259 e. The summed E-state index contributed by atoms with van der Waals surface area (Å²) in [6, 6.07) is 13.6. The quantitative estimate of drug-likeness (QED) is 0.405. The van der Waals surface area contributed by atoms with E-state index in [9.17, 15) is 14.3 Å². The molecule has 0 radical (unpaired) electrons. The largest absolute Gasteiger partial charge is 0.393 e. The number of aromatic nitrogens is 3. The van der Waals surface area contributed by atoms with Gasteiger partial charge in [0, 0.05) is 24.8 Å². The predicted octanol–water partition coefficient (Wildman–Crippen LogP) is 3.89. The van der Waals surface area contributed by atoms with Crippen LogP contribution in [0.2, 0.25) is 0 Å². The number of aromatic amines is 1. The van der Waals surface area contributed by atoms with Crippen LogP contribution in [0.3, 0.4) is 0 Å². The number of aliphatic hydroxyl groups is 1. The van der Waals surface area contributed by atoms with Gasteiger partial charge in [0.25, 0.3) is 5.56 Å². The van der Waals surface area contributed by atoms with Crippen LogP contribution in [-0.2, 0) is 6.42 Å². The van der Waals surface area contributed by atoms with Crippen molar-refractivity contribution in [3.63, 3.8) is 0 Å². The minimum absolute atomic E-state index is 0.151. The summed E-state index contributed by atoms with van der Waals surface area (Å²) >= 11 is 0. The molecule has 0 atom stereocenters. The first-order chi connectivity index (χ1) is 17.0. The lowest BCUT2D eigenvalue weighted by Crippen LogP contribution is -2.35. The Labute approximate surface area is 200 Å². The van der Waals surface area contributed by atoms with Gasteiger partial charge in [0.1, 0.15) is 11.6 Å². The number of nitriles is 1. The molecule has 0 aliphatic carbocycles. The van der Waals surface area contributed by atoms with Gasteiger partial charge in [0.05, 0.1) is 52.8 Å². The zero-order valence-electron chi connectivity index (χ0n) is 18.8. The zero-order valence-corrected chi connectivity index (χ0v) is 18.8. The molecule has 176 valence electrons. The standard InChI is InChI=1S/C26H23FN6O2/c27-20-3-1-16(5-9-28)13-19(20)22-14-23(25-21(31-22)6-10-29-26(25)35)32-24-4-2-17(15-30-24)33-11-7-18(34)8-12-33/h1-4,6,10,13-15,18,34H,5,7-8,11-12H2,(H,29,35)(H,30,31,32). The van der Waals surface area contributed by atoms with Crippen LogP contribution in [-0.4, -0.2) is 39.3 Å². The second kappa shape index (κ2) is 9.52. The summed E-state index contributed by atoms with van der Waals surface area (Å²) in [5.41, 5.74) is 2.74. The summed E-state index contributed by atoms with van der Waals surface area (Å²) in [5.74, 6) is 0.0506. The molecule has 8 nitrogen and oxygen atoms in total. The van der Waals surface area contributed by atoms with Gasteiger partial charge in [0.15, 0.2) is 0 Å².